The zero-order valence-corrected chi connectivity index (χ0v) is 21.4. The summed E-state index contributed by atoms with van der Waals surface area (Å²) < 4.78 is 23.0. The summed E-state index contributed by atoms with van der Waals surface area (Å²) in [6.45, 7) is 8.03. The molecule has 0 bridgehead atoms. The van der Waals surface area contributed by atoms with Crippen molar-refractivity contribution in [1.29, 1.82) is 0 Å². The minimum absolute atomic E-state index is 0.310. The Morgan fingerprint density at radius 2 is 1.07 bits per heavy atom. The molecule has 0 fully saturated rings. The molecule has 0 spiro atoms. The van der Waals surface area contributed by atoms with Gasteiger partial charge in [-0.1, -0.05) is 45.4 Å². The summed E-state index contributed by atoms with van der Waals surface area (Å²) in [6, 6.07) is 0. The van der Waals surface area contributed by atoms with Gasteiger partial charge in [-0.05, 0) is 0 Å². The number of phosphoric acid groups is 1. The quantitative estimate of drug-likeness (QED) is 0.153. The third-order valence-corrected chi connectivity index (χ3v) is 10.9. The number of rotatable bonds is 20. The van der Waals surface area contributed by atoms with Crippen molar-refractivity contribution in [2.45, 2.75) is 110 Å². The Kier molecular flexibility index (Phi) is 15.7. The van der Waals surface area contributed by atoms with Crippen molar-refractivity contribution in [3.8, 4) is 0 Å². The van der Waals surface area contributed by atoms with Gasteiger partial charge in [-0.15, -0.1) is 0 Å². The second-order valence-electron chi connectivity index (χ2n) is 9.67. The van der Waals surface area contributed by atoms with E-state index in [0.717, 1.165) is 25.4 Å². The summed E-state index contributed by atoms with van der Waals surface area (Å²) in [5.41, 5.74) is 0. The molecule has 0 radical (unpaired) electrons. The standard InChI is InChI=1S/C22H50O4P2/c1-6-8-9-10-11-12-13-14-15-16-17-18-19-20-21-25-27(23,24)26-28(3,4,5)22-7-2/h6-22H2,1-5H3,(H,23,24). The van der Waals surface area contributed by atoms with Gasteiger partial charge < -0.3 is 0 Å². The van der Waals surface area contributed by atoms with E-state index in [4.69, 9.17) is 8.83 Å². The Morgan fingerprint density at radius 1 is 0.679 bits per heavy atom. The van der Waals surface area contributed by atoms with Crippen LogP contribution in [-0.2, 0) is 13.4 Å². The Balaban J connectivity index is 3.53. The molecule has 28 heavy (non-hydrogen) atoms. The fraction of sp³-hybridized carbons (Fsp3) is 1.00. The second-order valence-corrected chi connectivity index (χ2v) is 17.9. The third kappa shape index (κ3) is 18.6. The molecule has 0 amide bonds. The first-order chi connectivity index (χ1) is 13.1. The third-order valence-electron chi connectivity index (χ3n) is 5.14. The van der Waals surface area contributed by atoms with E-state index in [0.29, 0.717) is 6.61 Å². The molecule has 0 aliphatic rings. The molecule has 1 unspecified atom stereocenters. The monoisotopic (exact) mass is 440 g/mol. The van der Waals surface area contributed by atoms with Crippen LogP contribution in [0.4, 0.5) is 0 Å². The van der Waals surface area contributed by atoms with Crippen molar-refractivity contribution in [3.63, 3.8) is 0 Å². The van der Waals surface area contributed by atoms with Gasteiger partial charge in [0.15, 0.2) is 0 Å². The zero-order valence-electron chi connectivity index (χ0n) is 19.6. The van der Waals surface area contributed by atoms with Gasteiger partial charge in [-0.2, -0.15) is 0 Å². The molecule has 1 N–H and O–H groups in total. The van der Waals surface area contributed by atoms with Crippen LogP contribution in [0.2, 0.25) is 0 Å². The molecule has 0 aromatic rings. The molecule has 6 heteroatoms. The van der Waals surface area contributed by atoms with Gasteiger partial charge in [0.25, 0.3) is 0 Å². The fourth-order valence-corrected chi connectivity index (χ4v) is 9.14. The van der Waals surface area contributed by atoms with Gasteiger partial charge in [0.05, 0.1) is 0 Å². The first-order valence-corrected chi connectivity index (χ1v) is 17.0. The average Bonchev–Trinajstić information content (AvgIpc) is 2.56. The molecule has 4 nitrogen and oxygen atoms in total. The summed E-state index contributed by atoms with van der Waals surface area (Å²) in [5.74, 6) is 0. The number of phosphoric ester groups is 1. The number of hydrogen-bond acceptors (Lipinski definition) is 3. The molecular formula is C22H50O4P2. The van der Waals surface area contributed by atoms with Crippen LogP contribution >= 0.6 is 14.7 Å². The van der Waals surface area contributed by atoms with E-state index >= 15 is 0 Å². The first-order valence-electron chi connectivity index (χ1n) is 11.8. The molecular weight excluding hydrogens is 390 g/mol. The predicted octanol–water partition coefficient (Wildman–Crippen LogP) is 8.37. The van der Waals surface area contributed by atoms with Crippen molar-refractivity contribution < 1.29 is 18.3 Å². The van der Waals surface area contributed by atoms with Gasteiger partial charge in [0, 0.05) is 0 Å². The molecule has 0 saturated carbocycles. The molecule has 0 aromatic heterocycles. The van der Waals surface area contributed by atoms with Crippen LogP contribution in [0.3, 0.4) is 0 Å². The van der Waals surface area contributed by atoms with Crippen molar-refractivity contribution >= 4 is 14.7 Å². The van der Waals surface area contributed by atoms with E-state index < -0.39 is 14.7 Å². The number of hydrogen-bond donors (Lipinski definition) is 1. The maximum absolute atomic E-state index is 12.2. The summed E-state index contributed by atoms with van der Waals surface area (Å²) in [7, 11) is -3.94. The Bertz CT molecular complexity index is 418. The van der Waals surface area contributed by atoms with Crippen LogP contribution in [0.25, 0.3) is 0 Å². The molecule has 172 valence electrons. The molecule has 1 atom stereocenters. The van der Waals surface area contributed by atoms with E-state index in [1.165, 1.54) is 77.0 Å². The fourth-order valence-electron chi connectivity index (χ4n) is 3.69. The second kappa shape index (κ2) is 15.4. The first kappa shape index (κ1) is 28.5. The molecule has 0 aliphatic carbocycles. The van der Waals surface area contributed by atoms with E-state index in [-0.39, 0.29) is 0 Å². The molecule has 0 aromatic carbocycles. The predicted molar refractivity (Wildman–Crippen MR) is 127 cm³/mol. The van der Waals surface area contributed by atoms with Crippen LogP contribution in [0.15, 0.2) is 0 Å². The van der Waals surface area contributed by atoms with Crippen molar-refractivity contribution in [2.75, 3.05) is 32.8 Å². The van der Waals surface area contributed by atoms with Crippen LogP contribution in [-0.4, -0.2) is 37.7 Å². The zero-order chi connectivity index (χ0) is 21.4. The Labute approximate surface area is 176 Å². The van der Waals surface area contributed by atoms with Crippen LogP contribution in [0.1, 0.15) is 110 Å². The summed E-state index contributed by atoms with van der Waals surface area (Å²) >= 11 is 0. The summed E-state index contributed by atoms with van der Waals surface area (Å²) in [5, 5.41) is 0. The number of unbranched alkanes of at least 4 members (excludes halogenated alkanes) is 13. The maximum atomic E-state index is 12.2. The van der Waals surface area contributed by atoms with Crippen molar-refractivity contribution in [1.82, 2.24) is 0 Å². The van der Waals surface area contributed by atoms with Gasteiger partial charge in [0.2, 0.25) is 0 Å². The van der Waals surface area contributed by atoms with E-state index in [1.54, 1.807) is 0 Å². The van der Waals surface area contributed by atoms with Gasteiger partial charge in [0.1, 0.15) is 0 Å². The van der Waals surface area contributed by atoms with E-state index in [1.807, 2.05) is 20.0 Å². The van der Waals surface area contributed by atoms with Gasteiger partial charge in [-0.3, -0.25) is 0 Å². The topological polar surface area (TPSA) is 55.8 Å². The SMILES string of the molecule is CCCCCCCCCCCCCCCCOP(=O)(O)OP(C)(C)(C)CCC. The average molecular weight is 441 g/mol. The molecule has 0 rings (SSSR count). The van der Waals surface area contributed by atoms with Crippen LogP contribution in [0.5, 0.6) is 0 Å². The Hall–Kier alpha value is 0.540. The van der Waals surface area contributed by atoms with Crippen LogP contribution in [0, 0.1) is 0 Å². The Morgan fingerprint density at radius 3 is 1.46 bits per heavy atom. The normalized spacial score (nSPS) is 15.9. The van der Waals surface area contributed by atoms with E-state index in [9.17, 15) is 9.46 Å². The minimum atomic E-state index is -3.94. The van der Waals surface area contributed by atoms with Crippen LogP contribution < -0.4 is 0 Å². The van der Waals surface area contributed by atoms with Gasteiger partial charge >= 0.3 is 130 Å². The summed E-state index contributed by atoms with van der Waals surface area (Å²) in [6.07, 6.45) is 19.9. The summed E-state index contributed by atoms with van der Waals surface area (Å²) in [4.78, 5) is 9.99. The molecule has 0 heterocycles. The van der Waals surface area contributed by atoms with Gasteiger partial charge in [-0.25, -0.2) is 0 Å². The van der Waals surface area contributed by atoms with E-state index in [2.05, 4.69) is 13.8 Å². The van der Waals surface area contributed by atoms with Crippen molar-refractivity contribution in [2.24, 2.45) is 0 Å². The van der Waals surface area contributed by atoms with Crippen molar-refractivity contribution in [3.05, 3.63) is 0 Å². The molecule has 0 aliphatic heterocycles. The molecule has 0 saturated heterocycles.